The molecule has 2 fully saturated rings. The maximum Gasteiger partial charge on any atom is 0.0626 e. The molecule has 17 heavy (non-hydrogen) atoms. The van der Waals surface area contributed by atoms with Gasteiger partial charge in [-0.05, 0) is 37.2 Å². The first-order valence-corrected chi connectivity index (χ1v) is 6.61. The summed E-state index contributed by atoms with van der Waals surface area (Å²) in [7, 11) is 0. The molecule has 0 spiro atoms. The van der Waals surface area contributed by atoms with Gasteiger partial charge < -0.3 is 5.11 Å². The Balaban J connectivity index is 1.60. The maximum absolute atomic E-state index is 10.1. The quantitative estimate of drug-likeness (QED) is 0.844. The summed E-state index contributed by atoms with van der Waals surface area (Å²) in [5.74, 6) is 1.43. The Labute approximate surface area is 103 Å². The highest BCUT2D eigenvalue weighted by Gasteiger charge is 2.45. The summed E-state index contributed by atoms with van der Waals surface area (Å²) in [5, 5.41) is 10.1. The number of hydrogen-bond donors (Lipinski definition) is 1. The Hall–Kier alpha value is -0.860. The van der Waals surface area contributed by atoms with E-state index in [-0.39, 0.29) is 0 Å². The van der Waals surface area contributed by atoms with Crippen molar-refractivity contribution in [3.8, 4) is 0 Å². The van der Waals surface area contributed by atoms with E-state index in [1.807, 2.05) is 6.92 Å². The van der Waals surface area contributed by atoms with Gasteiger partial charge in [0.1, 0.15) is 0 Å². The van der Waals surface area contributed by atoms with Gasteiger partial charge in [0.15, 0.2) is 0 Å². The molecule has 1 saturated carbocycles. The summed E-state index contributed by atoms with van der Waals surface area (Å²) in [5.41, 5.74) is 1.01. The van der Waals surface area contributed by atoms with Crippen LogP contribution in [0, 0.1) is 11.8 Å². The number of nitrogens with zero attached hydrogens (tertiary/aromatic N) is 1. The molecule has 1 N–H and O–H groups in total. The molecule has 2 heteroatoms. The van der Waals surface area contributed by atoms with Gasteiger partial charge in [0, 0.05) is 19.6 Å². The average molecular weight is 231 g/mol. The number of aliphatic hydroxyl groups is 1. The molecule has 1 heterocycles. The Morgan fingerprint density at radius 2 is 1.76 bits per heavy atom. The Morgan fingerprint density at radius 1 is 1.18 bits per heavy atom. The van der Waals surface area contributed by atoms with Gasteiger partial charge in [-0.25, -0.2) is 0 Å². The van der Waals surface area contributed by atoms with Crippen LogP contribution >= 0.6 is 0 Å². The van der Waals surface area contributed by atoms with Crippen molar-refractivity contribution >= 4 is 0 Å². The van der Waals surface area contributed by atoms with Crippen molar-refractivity contribution in [3.63, 3.8) is 0 Å². The van der Waals surface area contributed by atoms with Crippen LogP contribution in [0.4, 0.5) is 0 Å². The number of likely N-dealkylation sites (tertiary alicyclic amines) is 1. The maximum atomic E-state index is 10.1. The molecule has 1 aromatic rings. The van der Waals surface area contributed by atoms with E-state index >= 15 is 0 Å². The Kier molecular flexibility index (Phi) is 2.72. The van der Waals surface area contributed by atoms with Crippen molar-refractivity contribution in [3.05, 3.63) is 35.9 Å². The van der Waals surface area contributed by atoms with Crippen LogP contribution in [0.25, 0.3) is 0 Å². The minimum absolute atomic E-state index is 0.395. The van der Waals surface area contributed by atoms with Gasteiger partial charge in [-0.1, -0.05) is 30.3 Å². The molecule has 1 aromatic carbocycles. The summed E-state index contributed by atoms with van der Waals surface area (Å²) in [4.78, 5) is 2.54. The SMILES string of the molecule is CC1(O)C[C@H]2CN(Cc3ccccc3)C[C@H]2C1. The molecule has 2 aliphatic rings. The molecule has 0 radical (unpaired) electrons. The van der Waals surface area contributed by atoms with Crippen molar-refractivity contribution in [1.29, 1.82) is 0 Å². The first-order valence-electron chi connectivity index (χ1n) is 6.61. The van der Waals surface area contributed by atoms with E-state index in [4.69, 9.17) is 0 Å². The minimum atomic E-state index is -0.395. The summed E-state index contributed by atoms with van der Waals surface area (Å²) < 4.78 is 0. The zero-order valence-electron chi connectivity index (χ0n) is 10.5. The average Bonchev–Trinajstić information content (AvgIpc) is 2.72. The van der Waals surface area contributed by atoms with E-state index in [2.05, 4.69) is 35.2 Å². The van der Waals surface area contributed by atoms with Gasteiger partial charge in [0.25, 0.3) is 0 Å². The predicted octanol–water partition coefficient (Wildman–Crippen LogP) is 2.28. The molecule has 2 nitrogen and oxygen atoms in total. The van der Waals surface area contributed by atoms with Crippen LogP contribution in [0.3, 0.4) is 0 Å². The smallest absolute Gasteiger partial charge is 0.0626 e. The first-order chi connectivity index (χ1) is 8.12. The highest BCUT2D eigenvalue weighted by molar-refractivity contribution is 5.15. The van der Waals surface area contributed by atoms with Crippen molar-refractivity contribution < 1.29 is 5.11 Å². The van der Waals surface area contributed by atoms with Gasteiger partial charge in [-0.2, -0.15) is 0 Å². The van der Waals surface area contributed by atoms with E-state index in [0.717, 1.165) is 32.5 Å². The van der Waals surface area contributed by atoms with E-state index in [1.165, 1.54) is 5.56 Å². The van der Waals surface area contributed by atoms with Crippen LogP contribution in [-0.4, -0.2) is 28.7 Å². The standard InChI is InChI=1S/C15H21NO/c1-15(17)7-13-10-16(11-14(13)8-15)9-12-5-3-2-4-6-12/h2-6,13-14,17H,7-11H2,1H3/t13-,14+,15?. The van der Waals surface area contributed by atoms with Crippen LogP contribution in [0.1, 0.15) is 25.3 Å². The topological polar surface area (TPSA) is 23.5 Å². The van der Waals surface area contributed by atoms with Gasteiger partial charge >= 0.3 is 0 Å². The van der Waals surface area contributed by atoms with Crippen molar-refractivity contribution in [2.45, 2.75) is 31.9 Å². The van der Waals surface area contributed by atoms with Gasteiger partial charge in [-0.15, -0.1) is 0 Å². The van der Waals surface area contributed by atoms with Crippen molar-refractivity contribution in [2.24, 2.45) is 11.8 Å². The highest BCUT2D eigenvalue weighted by Crippen LogP contribution is 2.43. The third-order valence-corrected chi connectivity index (χ3v) is 4.30. The third kappa shape index (κ3) is 2.38. The first kappa shape index (κ1) is 11.2. The molecule has 1 saturated heterocycles. The van der Waals surface area contributed by atoms with Crippen molar-refractivity contribution in [1.82, 2.24) is 4.90 Å². The van der Waals surface area contributed by atoms with Gasteiger partial charge in [0.05, 0.1) is 5.60 Å². The van der Waals surface area contributed by atoms with Crippen LogP contribution in [0.2, 0.25) is 0 Å². The second-order valence-corrected chi connectivity index (χ2v) is 6.11. The fourth-order valence-electron chi connectivity index (χ4n) is 3.68. The van der Waals surface area contributed by atoms with Gasteiger partial charge in [-0.3, -0.25) is 4.90 Å². The summed E-state index contributed by atoms with van der Waals surface area (Å²) in [6.45, 7) is 5.38. The van der Waals surface area contributed by atoms with Crippen molar-refractivity contribution in [2.75, 3.05) is 13.1 Å². The van der Waals surface area contributed by atoms with Crippen LogP contribution in [0.15, 0.2) is 30.3 Å². The van der Waals surface area contributed by atoms with Crippen LogP contribution < -0.4 is 0 Å². The molecule has 0 bridgehead atoms. The summed E-state index contributed by atoms with van der Waals surface area (Å²) in [6, 6.07) is 10.7. The molecule has 1 aliphatic heterocycles. The Bertz CT molecular complexity index is 371. The minimum Gasteiger partial charge on any atom is -0.390 e. The zero-order chi connectivity index (χ0) is 11.9. The molecular weight excluding hydrogens is 210 g/mol. The molecule has 92 valence electrons. The molecule has 1 aliphatic carbocycles. The largest absolute Gasteiger partial charge is 0.390 e. The molecule has 0 aromatic heterocycles. The third-order valence-electron chi connectivity index (χ3n) is 4.30. The fourth-order valence-corrected chi connectivity index (χ4v) is 3.68. The fraction of sp³-hybridized carbons (Fsp3) is 0.600. The molecule has 3 atom stereocenters. The second-order valence-electron chi connectivity index (χ2n) is 6.11. The van der Waals surface area contributed by atoms with Crippen LogP contribution in [0.5, 0.6) is 0 Å². The molecular formula is C15H21NO. The van der Waals surface area contributed by atoms with Gasteiger partial charge in [0.2, 0.25) is 0 Å². The lowest BCUT2D eigenvalue weighted by Gasteiger charge is -2.21. The predicted molar refractivity (Wildman–Crippen MR) is 68.6 cm³/mol. The number of rotatable bonds is 2. The number of fused-ring (bicyclic) bond motifs is 1. The van der Waals surface area contributed by atoms with E-state index in [1.54, 1.807) is 0 Å². The van der Waals surface area contributed by atoms with Crippen LogP contribution in [-0.2, 0) is 6.54 Å². The lowest BCUT2D eigenvalue weighted by Crippen LogP contribution is -2.27. The van der Waals surface area contributed by atoms with E-state index in [9.17, 15) is 5.11 Å². The number of benzene rings is 1. The van der Waals surface area contributed by atoms with E-state index < -0.39 is 5.60 Å². The molecule has 1 unspecified atom stereocenters. The lowest BCUT2D eigenvalue weighted by molar-refractivity contribution is 0.0540. The van der Waals surface area contributed by atoms with E-state index in [0.29, 0.717) is 11.8 Å². The Morgan fingerprint density at radius 3 is 2.35 bits per heavy atom. The second kappa shape index (κ2) is 4.11. The molecule has 0 amide bonds. The highest BCUT2D eigenvalue weighted by atomic mass is 16.3. The lowest BCUT2D eigenvalue weighted by atomic mass is 10.0. The normalized spacial score (nSPS) is 37.3. The zero-order valence-corrected chi connectivity index (χ0v) is 10.5. The monoisotopic (exact) mass is 231 g/mol. The molecule has 3 rings (SSSR count). The number of hydrogen-bond acceptors (Lipinski definition) is 2. The summed E-state index contributed by atoms with van der Waals surface area (Å²) in [6.07, 6.45) is 1.98. The summed E-state index contributed by atoms with van der Waals surface area (Å²) >= 11 is 0.